The lowest BCUT2D eigenvalue weighted by atomic mass is 9.90. The fraction of sp³-hybridized carbons (Fsp3) is 0.655. The molecule has 0 spiro atoms. The molecule has 0 aliphatic rings. The highest BCUT2D eigenvalue weighted by atomic mass is 16.5. The average molecular weight is 854 g/mol. The van der Waals surface area contributed by atoms with Crippen molar-refractivity contribution in [3.63, 3.8) is 0 Å². The molecule has 7 nitrogen and oxygen atoms in total. The largest absolute Gasteiger partial charge is 0.490 e. The van der Waals surface area contributed by atoms with Crippen molar-refractivity contribution in [1.29, 1.82) is 5.26 Å². The molecule has 0 saturated carbocycles. The minimum absolute atomic E-state index is 0.494. The van der Waals surface area contributed by atoms with Crippen molar-refractivity contribution in [2.45, 2.75) is 196 Å². The molecule has 0 aromatic heterocycles. The highest BCUT2D eigenvalue weighted by Crippen LogP contribution is 2.49. The van der Waals surface area contributed by atoms with Crippen LogP contribution in [0.15, 0.2) is 30.3 Å². The van der Waals surface area contributed by atoms with Gasteiger partial charge in [-0.2, -0.15) is 5.26 Å². The Balaban J connectivity index is 2.04. The van der Waals surface area contributed by atoms with E-state index in [1.54, 1.807) is 0 Å². The number of hydrogen-bond acceptors (Lipinski definition) is 7. The molecule has 0 aliphatic carbocycles. The minimum Gasteiger partial charge on any atom is -0.490 e. The van der Waals surface area contributed by atoms with E-state index in [1.807, 2.05) is 0 Å². The van der Waals surface area contributed by atoms with E-state index < -0.39 is 0 Å². The zero-order valence-corrected chi connectivity index (χ0v) is 40.0. The van der Waals surface area contributed by atoms with Crippen LogP contribution < -0.4 is 28.4 Å². The molecule has 344 valence electrons. The first-order valence-corrected chi connectivity index (χ1v) is 25.3. The Morgan fingerprint density at radius 3 is 0.887 bits per heavy atom. The van der Waals surface area contributed by atoms with Crippen molar-refractivity contribution < 1.29 is 28.4 Å². The zero-order valence-electron chi connectivity index (χ0n) is 40.0. The highest BCUT2D eigenvalue weighted by Gasteiger charge is 2.24. The Kier molecular flexibility index (Phi) is 24.6. The summed E-state index contributed by atoms with van der Waals surface area (Å²) in [6.45, 7) is 16.9. The maximum atomic E-state index is 11.2. The summed E-state index contributed by atoms with van der Waals surface area (Å²) >= 11 is 0. The first-order valence-electron chi connectivity index (χ1n) is 25.3. The van der Waals surface area contributed by atoms with Gasteiger partial charge in [0.25, 0.3) is 0 Å². The van der Waals surface area contributed by atoms with Crippen LogP contribution in [0.25, 0.3) is 32.3 Å². The molecule has 0 N–H and O–H groups in total. The quantitative estimate of drug-likeness (QED) is 0.0333. The SMILES string of the molecule is CCCCCCOc1cc2c3cc(OCCCCCC)c(OCCCCCC)cc3c3c(C#N)c(OCCCCCC)c(OCCCCCC)cc3c2cc1OCCCCCC. The summed E-state index contributed by atoms with van der Waals surface area (Å²) in [5.41, 5.74) is 0.494. The van der Waals surface area contributed by atoms with E-state index in [4.69, 9.17) is 28.4 Å². The van der Waals surface area contributed by atoms with Gasteiger partial charge in [0.15, 0.2) is 34.5 Å². The van der Waals surface area contributed by atoms with E-state index in [1.165, 1.54) is 57.8 Å². The normalized spacial score (nSPS) is 11.4. The zero-order chi connectivity index (χ0) is 44.2. The number of hydrogen-bond donors (Lipinski definition) is 0. The van der Waals surface area contributed by atoms with Crippen molar-refractivity contribution in [1.82, 2.24) is 0 Å². The van der Waals surface area contributed by atoms with E-state index >= 15 is 0 Å². The third kappa shape index (κ3) is 15.6. The van der Waals surface area contributed by atoms with Crippen LogP contribution in [0.4, 0.5) is 0 Å². The number of rotatable bonds is 36. The van der Waals surface area contributed by atoms with E-state index in [9.17, 15) is 5.26 Å². The lowest BCUT2D eigenvalue weighted by molar-refractivity contribution is 0.258. The fourth-order valence-electron chi connectivity index (χ4n) is 8.19. The predicted molar refractivity (Wildman–Crippen MR) is 261 cm³/mol. The number of nitriles is 1. The van der Waals surface area contributed by atoms with Gasteiger partial charge in [-0.1, -0.05) is 157 Å². The molecule has 62 heavy (non-hydrogen) atoms. The number of nitrogens with zero attached hydrogens (tertiary/aromatic N) is 1. The van der Waals surface area contributed by atoms with Gasteiger partial charge in [0.1, 0.15) is 11.6 Å². The van der Waals surface area contributed by atoms with Crippen LogP contribution in [0.5, 0.6) is 34.5 Å². The maximum absolute atomic E-state index is 11.2. The molecule has 0 atom stereocenters. The second-order valence-electron chi connectivity index (χ2n) is 17.3. The van der Waals surface area contributed by atoms with E-state index in [-0.39, 0.29) is 0 Å². The van der Waals surface area contributed by atoms with Crippen molar-refractivity contribution >= 4 is 32.3 Å². The van der Waals surface area contributed by atoms with Gasteiger partial charge in [0.2, 0.25) is 0 Å². The molecule has 4 rings (SSSR count). The molecule has 0 fully saturated rings. The Bertz CT molecular complexity index is 1850. The van der Waals surface area contributed by atoms with E-state index in [0.717, 1.165) is 146 Å². The standard InChI is InChI=1S/C55H83NO6/c1-7-13-19-25-31-57-49-37-43-44-38-51(59-33-27-21-15-9-3)52(60-34-28-22-16-10-4)40-46(44)54-47(45(43)39-50(49)58-32-26-20-14-8-2)41-53(61-35-29-23-17-11-5)55(48(54)42-56)62-36-30-24-18-12-6/h37-41H,7-36H2,1-6H3. The Morgan fingerprint density at radius 2 is 0.581 bits per heavy atom. The van der Waals surface area contributed by atoms with Crippen LogP contribution in [-0.4, -0.2) is 39.6 Å². The summed E-state index contributed by atoms with van der Waals surface area (Å²) in [5, 5.41) is 16.9. The van der Waals surface area contributed by atoms with E-state index in [0.29, 0.717) is 62.5 Å². The van der Waals surface area contributed by atoms with Gasteiger partial charge in [0, 0.05) is 5.39 Å². The van der Waals surface area contributed by atoms with Crippen LogP contribution in [0.3, 0.4) is 0 Å². The number of unbranched alkanes of at least 4 members (excludes halogenated alkanes) is 18. The molecule has 4 aromatic rings. The third-order valence-electron chi connectivity index (χ3n) is 11.9. The summed E-state index contributed by atoms with van der Waals surface area (Å²) in [5.74, 6) is 4.10. The van der Waals surface area contributed by atoms with Crippen LogP contribution in [0.2, 0.25) is 0 Å². The highest BCUT2D eigenvalue weighted by molar-refractivity contribution is 6.28. The molecule has 0 aliphatic heterocycles. The van der Waals surface area contributed by atoms with Crippen LogP contribution in [0, 0.1) is 11.3 Å². The van der Waals surface area contributed by atoms with E-state index in [2.05, 4.69) is 77.9 Å². The van der Waals surface area contributed by atoms with Gasteiger partial charge >= 0.3 is 0 Å². The summed E-state index contributed by atoms with van der Waals surface area (Å²) in [4.78, 5) is 0. The molecule has 0 radical (unpaired) electrons. The molecule has 4 aromatic carbocycles. The van der Waals surface area contributed by atoms with Crippen molar-refractivity contribution in [3.8, 4) is 40.6 Å². The molecule has 0 unspecified atom stereocenters. The van der Waals surface area contributed by atoms with Gasteiger partial charge in [-0.3, -0.25) is 0 Å². The number of benzene rings is 4. The lowest BCUT2D eigenvalue weighted by Gasteiger charge is -2.22. The summed E-state index contributed by atoms with van der Waals surface area (Å²) in [7, 11) is 0. The van der Waals surface area contributed by atoms with Crippen LogP contribution in [-0.2, 0) is 0 Å². The van der Waals surface area contributed by atoms with Gasteiger partial charge in [0.05, 0.1) is 39.6 Å². The summed E-state index contributed by atoms with van der Waals surface area (Å²) in [6.07, 6.45) is 26.5. The first-order chi connectivity index (χ1) is 30.6. The lowest BCUT2D eigenvalue weighted by Crippen LogP contribution is -2.06. The first kappa shape index (κ1) is 50.6. The van der Waals surface area contributed by atoms with Crippen molar-refractivity contribution in [2.75, 3.05) is 39.6 Å². The Labute approximate surface area is 376 Å². The molecule has 7 heteroatoms. The fourth-order valence-corrected chi connectivity index (χ4v) is 8.19. The molecule has 0 heterocycles. The summed E-state index contributed by atoms with van der Waals surface area (Å²) in [6, 6.07) is 13.4. The van der Waals surface area contributed by atoms with Gasteiger partial charge in [-0.05, 0) is 95.8 Å². The molecular formula is C55H83NO6. The molecule has 0 amide bonds. The average Bonchev–Trinajstić information content (AvgIpc) is 3.28. The van der Waals surface area contributed by atoms with Crippen LogP contribution >= 0.6 is 0 Å². The van der Waals surface area contributed by atoms with Crippen molar-refractivity contribution in [2.24, 2.45) is 0 Å². The third-order valence-corrected chi connectivity index (χ3v) is 11.9. The molecule has 0 saturated heterocycles. The van der Waals surface area contributed by atoms with Crippen molar-refractivity contribution in [3.05, 3.63) is 35.9 Å². The summed E-state index contributed by atoms with van der Waals surface area (Å²) < 4.78 is 39.8. The van der Waals surface area contributed by atoms with Gasteiger partial charge in [-0.25, -0.2) is 0 Å². The van der Waals surface area contributed by atoms with Gasteiger partial charge < -0.3 is 28.4 Å². The maximum Gasteiger partial charge on any atom is 0.179 e. The van der Waals surface area contributed by atoms with Gasteiger partial charge in [-0.15, -0.1) is 0 Å². The number of fused-ring (bicyclic) bond motifs is 6. The second-order valence-corrected chi connectivity index (χ2v) is 17.3. The molecular weight excluding hydrogens is 771 g/mol. The molecule has 0 bridgehead atoms. The second kappa shape index (κ2) is 30.1. The predicted octanol–water partition coefficient (Wildman–Crippen LogP) is 16.8. The van der Waals surface area contributed by atoms with Crippen LogP contribution in [0.1, 0.15) is 201 Å². The monoisotopic (exact) mass is 854 g/mol. The Hall–Kier alpha value is -4.05. The Morgan fingerprint density at radius 1 is 0.323 bits per heavy atom. The number of ether oxygens (including phenoxy) is 6. The smallest absolute Gasteiger partial charge is 0.179 e. The topological polar surface area (TPSA) is 79.2 Å². The minimum atomic E-state index is 0.494.